The Balaban J connectivity index is 2.06. The van der Waals surface area contributed by atoms with Gasteiger partial charge in [-0.15, -0.1) is 0 Å². The van der Waals surface area contributed by atoms with Gasteiger partial charge in [-0.25, -0.2) is 8.42 Å². The van der Waals surface area contributed by atoms with E-state index < -0.39 is 28.5 Å². The SMILES string of the molecule is CCCNC(=O)[C@H](CC)N(Cc1c(Cl)cccc1Cl)C(=O)CN(c1cccc2ccccc12)S(C)(=O)=O. The van der Waals surface area contributed by atoms with Crippen molar-refractivity contribution in [2.45, 2.75) is 39.3 Å². The van der Waals surface area contributed by atoms with Crippen LogP contribution in [0.15, 0.2) is 60.7 Å². The molecule has 0 radical (unpaired) electrons. The summed E-state index contributed by atoms with van der Waals surface area (Å²) in [5, 5.41) is 5.07. The number of halogens is 2. The molecule has 0 fully saturated rings. The minimum Gasteiger partial charge on any atom is -0.354 e. The minimum atomic E-state index is -3.86. The van der Waals surface area contributed by atoms with Gasteiger partial charge in [-0.3, -0.25) is 13.9 Å². The fourth-order valence-corrected chi connectivity index (χ4v) is 5.54. The van der Waals surface area contributed by atoms with Crippen molar-refractivity contribution in [3.05, 3.63) is 76.3 Å². The van der Waals surface area contributed by atoms with E-state index >= 15 is 0 Å². The van der Waals surface area contributed by atoms with E-state index in [1.54, 1.807) is 37.3 Å². The molecule has 1 atom stereocenters. The Morgan fingerprint density at radius 3 is 2.19 bits per heavy atom. The fraction of sp³-hybridized carbons (Fsp3) is 0.333. The van der Waals surface area contributed by atoms with Crippen LogP contribution in [0.5, 0.6) is 0 Å². The molecule has 198 valence electrons. The number of hydrogen-bond acceptors (Lipinski definition) is 4. The summed E-state index contributed by atoms with van der Waals surface area (Å²) in [4.78, 5) is 28.3. The van der Waals surface area contributed by atoms with Gasteiger partial charge in [0.15, 0.2) is 0 Å². The van der Waals surface area contributed by atoms with E-state index in [4.69, 9.17) is 23.2 Å². The van der Waals surface area contributed by atoms with Crippen LogP contribution >= 0.6 is 23.2 Å². The molecular formula is C27H31Cl2N3O4S. The standard InChI is InChI=1S/C27H31Cl2N3O4S/c1-4-16-30-27(34)24(5-2)31(17-21-22(28)13-9-14-23(21)29)26(33)18-32(37(3,35)36)25-15-8-11-19-10-6-7-12-20(19)25/h6-15,24H,4-5,16-18H2,1-3H3,(H,30,34)/t24-/m0/s1. The summed E-state index contributed by atoms with van der Waals surface area (Å²) in [6.07, 6.45) is 2.11. The smallest absolute Gasteiger partial charge is 0.244 e. The van der Waals surface area contributed by atoms with Crippen molar-refractivity contribution >= 4 is 61.5 Å². The number of nitrogens with one attached hydrogen (secondary N) is 1. The molecule has 0 aliphatic carbocycles. The number of fused-ring (bicyclic) bond motifs is 1. The van der Waals surface area contributed by atoms with Gasteiger partial charge < -0.3 is 10.2 Å². The second kappa shape index (κ2) is 12.6. The average Bonchev–Trinajstić information content (AvgIpc) is 2.86. The first kappa shape index (κ1) is 28.8. The highest BCUT2D eigenvalue weighted by Crippen LogP contribution is 2.30. The predicted octanol–water partition coefficient (Wildman–Crippen LogP) is 5.25. The Morgan fingerprint density at radius 2 is 1.57 bits per heavy atom. The third-order valence-corrected chi connectivity index (χ3v) is 7.87. The Bertz CT molecular complexity index is 1360. The second-order valence-electron chi connectivity index (χ2n) is 8.70. The minimum absolute atomic E-state index is 0.0530. The van der Waals surface area contributed by atoms with Crippen LogP contribution in [-0.2, 0) is 26.2 Å². The van der Waals surface area contributed by atoms with Crippen LogP contribution < -0.4 is 9.62 Å². The number of sulfonamides is 1. The van der Waals surface area contributed by atoms with Gasteiger partial charge in [0.05, 0.1) is 11.9 Å². The van der Waals surface area contributed by atoms with Crippen LogP contribution in [-0.4, -0.2) is 50.5 Å². The van der Waals surface area contributed by atoms with E-state index in [0.29, 0.717) is 39.6 Å². The monoisotopic (exact) mass is 563 g/mol. The van der Waals surface area contributed by atoms with Gasteiger partial charge in [-0.2, -0.15) is 0 Å². The number of rotatable bonds is 11. The molecule has 7 nitrogen and oxygen atoms in total. The highest BCUT2D eigenvalue weighted by Gasteiger charge is 2.32. The maximum Gasteiger partial charge on any atom is 0.244 e. The second-order valence-corrected chi connectivity index (χ2v) is 11.4. The van der Waals surface area contributed by atoms with Crippen LogP contribution in [0, 0.1) is 0 Å². The summed E-state index contributed by atoms with van der Waals surface area (Å²) in [7, 11) is -3.86. The van der Waals surface area contributed by atoms with Crippen LogP contribution in [0.2, 0.25) is 10.0 Å². The lowest BCUT2D eigenvalue weighted by atomic mass is 10.1. The lowest BCUT2D eigenvalue weighted by molar-refractivity contribution is -0.140. The van der Waals surface area contributed by atoms with Gasteiger partial charge in [0.2, 0.25) is 21.8 Å². The van der Waals surface area contributed by atoms with E-state index in [1.807, 2.05) is 37.3 Å². The maximum atomic E-state index is 13.9. The van der Waals surface area contributed by atoms with Gasteiger partial charge in [0.1, 0.15) is 12.6 Å². The van der Waals surface area contributed by atoms with Crippen LogP contribution in [0.25, 0.3) is 10.8 Å². The maximum absolute atomic E-state index is 13.9. The molecule has 0 unspecified atom stereocenters. The molecule has 0 saturated carbocycles. The first-order valence-electron chi connectivity index (χ1n) is 12.0. The van der Waals surface area contributed by atoms with Crippen molar-refractivity contribution in [1.82, 2.24) is 10.2 Å². The zero-order valence-electron chi connectivity index (χ0n) is 21.1. The lowest BCUT2D eigenvalue weighted by Crippen LogP contribution is -2.52. The fourth-order valence-electron chi connectivity index (χ4n) is 4.16. The van der Waals surface area contributed by atoms with Crippen molar-refractivity contribution in [2.75, 3.05) is 23.7 Å². The zero-order valence-corrected chi connectivity index (χ0v) is 23.4. The topological polar surface area (TPSA) is 86.8 Å². The molecule has 3 aromatic rings. The van der Waals surface area contributed by atoms with Gasteiger partial charge >= 0.3 is 0 Å². The molecule has 1 N–H and O–H groups in total. The quantitative estimate of drug-likeness (QED) is 0.345. The number of anilines is 1. The lowest BCUT2D eigenvalue weighted by Gasteiger charge is -2.33. The van der Waals surface area contributed by atoms with Gasteiger partial charge in [0.25, 0.3) is 0 Å². The molecular weight excluding hydrogens is 533 g/mol. The summed E-state index contributed by atoms with van der Waals surface area (Å²) in [5.74, 6) is -0.871. The van der Waals surface area contributed by atoms with Gasteiger partial charge in [-0.05, 0) is 36.4 Å². The number of amides is 2. The number of nitrogens with zero attached hydrogens (tertiary/aromatic N) is 2. The molecule has 3 rings (SSSR count). The van der Waals surface area contributed by atoms with Crippen LogP contribution in [0.3, 0.4) is 0 Å². The Morgan fingerprint density at radius 1 is 0.946 bits per heavy atom. The van der Waals surface area contributed by atoms with Crippen molar-refractivity contribution < 1.29 is 18.0 Å². The third-order valence-electron chi connectivity index (χ3n) is 6.04. The Kier molecular flexibility index (Phi) is 9.81. The van der Waals surface area contributed by atoms with Gasteiger partial charge in [0, 0.05) is 34.1 Å². The van der Waals surface area contributed by atoms with Crippen molar-refractivity contribution in [3.8, 4) is 0 Å². The highest BCUT2D eigenvalue weighted by atomic mass is 35.5. The molecule has 0 aliphatic heterocycles. The average molecular weight is 565 g/mol. The summed E-state index contributed by atoms with van der Waals surface area (Å²) in [6, 6.07) is 16.8. The van der Waals surface area contributed by atoms with Crippen molar-refractivity contribution in [2.24, 2.45) is 0 Å². The van der Waals surface area contributed by atoms with E-state index in [2.05, 4.69) is 5.32 Å². The largest absolute Gasteiger partial charge is 0.354 e. The normalized spacial score (nSPS) is 12.2. The third kappa shape index (κ3) is 6.94. The Labute approximate surface area is 228 Å². The molecule has 0 aromatic heterocycles. The molecule has 0 aliphatic rings. The Hall–Kier alpha value is -2.81. The van der Waals surface area contributed by atoms with Crippen molar-refractivity contribution in [3.63, 3.8) is 0 Å². The molecule has 3 aromatic carbocycles. The summed E-state index contributed by atoms with van der Waals surface area (Å²) < 4.78 is 27.0. The molecule has 0 heterocycles. The summed E-state index contributed by atoms with van der Waals surface area (Å²) in [6.45, 7) is 3.64. The zero-order chi connectivity index (χ0) is 27.2. The van der Waals surface area contributed by atoms with Crippen LogP contribution in [0.1, 0.15) is 32.3 Å². The summed E-state index contributed by atoms with van der Waals surface area (Å²) >= 11 is 12.8. The molecule has 0 saturated heterocycles. The molecule has 2 amide bonds. The predicted molar refractivity (Wildman–Crippen MR) is 151 cm³/mol. The van der Waals surface area contributed by atoms with E-state index in [-0.39, 0.29) is 12.5 Å². The number of carbonyl (C=O) groups excluding carboxylic acids is 2. The molecule has 37 heavy (non-hydrogen) atoms. The first-order chi connectivity index (χ1) is 17.6. The van der Waals surface area contributed by atoms with E-state index in [0.717, 1.165) is 22.4 Å². The molecule has 0 spiro atoms. The number of benzene rings is 3. The van der Waals surface area contributed by atoms with E-state index in [1.165, 1.54) is 4.90 Å². The first-order valence-corrected chi connectivity index (χ1v) is 14.6. The van der Waals surface area contributed by atoms with Crippen LogP contribution in [0.4, 0.5) is 5.69 Å². The van der Waals surface area contributed by atoms with E-state index in [9.17, 15) is 18.0 Å². The molecule has 10 heteroatoms. The van der Waals surface area contributed by atoms with Gasteiger partial charge in [-0.1, -0.05) is 79.5 Å². The highest BCUT2D eigenvalue weighted by molar-refractivity contribution is 7.92. The van der Waals surface area contributed by atoms with Crippen molar-refractivity contribution in [1.29, 1.82) is 0 Å². The number of hydrogen-bond donors (Lipinski definition) is 1. The molecule has 0 bridgehead atoms. The number of carbonyl (C=O) groups is 2. The summed E-state index contributed by atoms with van der Waals surface area (Å²) in [5.41, 5.74) is 0.866.